The summed E-state index contributed by atoms with van der Waals surface area (Å²) in [4.78, 5) is 37.9. The van der Waals surface area contributed by atoms with E-state index >= 15 is 0 Å². The Morgan fingerprint density at radius 2 is 1.79 bits per heavy atom. The zero-order valence-electron chi connectivity index (χ0n) is 16.4. The molecule has 1 aromatic rings. The third kappa shape index (κ3) is 4.67. The molecule has 8 nitrogen and oxygen atoms in total. The largest absolute Gasteiger partial charge is 0.330 e. The molecule has 3 amide bonds. The molecule has 3 rings (SSSR count). The lowest BCUT2D eigenvalue weighted by Crippen LogP contribution is -2.52. The highest BCUT2D eigenvalue weighted by Gasteiger charge is 2.40. The second-order valence-corrected chi connectivity index (χ2v) is 9.64. The number of benzene rings is 1. The molecule has 0 radical (unpaired) electrons. The van der Waals surface area contributed by atoms with Gasteiger partial charge in [-0.3, -0.25) is 19.7 Å². The molecule has 2 aliphatic heterocycles. The maximum Gasteiger partial charge on any atom is 0.255 e. The Labute approximate surface area is 170 Å². The number of carbonyl (C=O) groups excluding carboxylic acids is 3. The van der Waals surface area contributed by atoms with Crippen molar-refractivity contribution in [3.8, 4) is 0 Å². The number of nitrogens with one attached hydrogen (secondary N) is 1. The van der Waals surface area contributed by atoms with Crippen molar-refractivity contribution in [2.75, 3.05) is 12.3 Å². The number of amides is 3. The summed E-state index contributed by atoms with van der Waals surface area (Å²) < 4.78 is 25.8. The zero-order valence-corrected chi connectivity index (χ0v) is 17.2. The zero-order chi connectivity index (χ0) is 21.0. The standard InChI is InChI=1S/C20H27N3O5S/c21-11-4-2-1-3-5-12-29(27,28)17-8-6-7-14-15(17)13-23(20(14)26)16-9-10-18(24)22-19(16)25/h6-8,16H,1-5,9-13,21H2,(H,22,24,25). The molecule has 1 unspecified atom stereocenters. The second kappa shape index (κ2) is 9.04. The molecule has 29 heavy (non-hydrogen) atoms. The molecule has 2 heterocycles. The van der Waals surface area contributed by atoms with E-state index in [9.17, 15) is 22.8 Å². The molecule has 0 bridgehead atoms. The second-order valence-electron chi connectivity index (χ2n) is 7.56. The monoisotopic (exact) mass is 421 g/mol. The maximum atomic E-state index is 12.9. The topological polar surface area (TPSA) is 127 Å². The first kappa shape index (κ1) is 21.4. The van der Waals surface area contributed by atoms with Crippen molar-refractivity contribution in [2.24, 2.45) is 5.73 Å². The molecular formula is C20H27N3O5S. The molecule has 0 aliphatic carbocycles. The Hall–Kier alpha value is -2.26. The van der Waals surface area contributed by atoms with Gasteiger partial charge in [-0.15, -0.1) is 0 Å². The van der Waals surface area contributed by atoms with Crippen LogP contribution in [0, 0.1) is 0 Å². The Morgan fingerprint density at radius 3 is 2.52 bits per heavy atom. The van der Waals surface area contributed by atoms with Gasteiger partial charge in [0.15, 0.2) is 9.84 Å². The lowest BCUT2D eigenvalue weighted by atomic mass is 10.0. The predicted octanol–water partition coefficient (Wildman–Crippen LogP) is 1.13. The molecule has 158 valence electrons. The fourth-order valence-electron chi connectivity index (χ4n) is 3.93. The van der Waals surface area contributed by atoms with Crippen molar-refractivity contribution in [1.82, 2.24) is 10.2 Å². The molecule has 3 N–H and O–H groups in total. The van der Waals surface area contributed by atoms with E-state index in [-0.39, 0.29) is 41.8 Å². The maximum absolute atomic E-state index is 12.9. The molecule has 0 saturated carbocycles. The first-order valence-electron chi connectivity index (χ1n) is 10.0. The highest BCUT2D eigenvalue weighted by Crippen LogP contribution is 2.32. The van der Waals surface area contributed by atoms with Crippen LogP contribution in [0.2, 0.25) is 0 Å². The van der Waals surface area contributed by atoms with Crippen molar-refractivity contribution >= 4 is 27.6 Å². The van der Waals surface area contributed by atoms with Gasteiger partial charge in [0.2, 0.25) is 11.8 Å². The molecule has 1 saturated heterocycles. The minimum Gasteiger partial charge on any atom is -0.330 e. The van der Waals surface area contributed by atoms with E-state index < -0.39 is 21.8 Å². The van der Waals surface area contributed by atoms with Crippen molar-refractivity contribution < 1.29 is 22.8 Å². The van der Waals surface area contributed by atoms with Crippen molar-refractivity contribution in [3.05, 3.63) is 29.3 Å². The van der Waals surface area contributed by atoms with Gasteiger partial charge in [-0.25, -0.2) is 8.42 Å². The Morgan fingerprint density at radius 1 is 1.07 bits per heavy atom. The van der Waals surface area contributed by atoms with E-state index in [0.717, 1.165) is 25.7 Å². The minimum absolute atomic E-state index is 0.0265. The molecular weight excluding hydrogens is 394 g/mol. The lowest BCUT2D eigenvalue weighted by Gasteiger charge is -2.29. The van der Waals surface area contributed by atoms with Gasteiger partial charge in [0.1, 0.15) is 6.04 Å². The lowest BCUT2D eigenvalue weighted by molar-refractivity contribution is -0.136. The molecule has 1 atom stereocenters. The summed E-state index contributed by atoms with van der Waals surface area (Å²) in [7, 11) is -3.54. The Kier molecular flexibility index (Phi) is 6.69. The summed E-state index contributed by atoms with van der Waals surface area (Å²) in [6.45, 7) is 0.707. The van der Waals surface area contributed by atoms with Crippen LogP contribution < -0.4 is 11.1 Å². The summed E-state index contributed by atoms with van der Waals surface area (Å²) in [6.07, 6.45) is 4.66. The average Bonchev–Trinajstić information content (AvgIpc) is 3.01. The number of carbonyl (C=O) groups is 3. The predicted molar refractivity (Wildman–Crippen MR) is 107 cm³/mol. The number of nitrogens with two attached hydrogens (primary N) is 1. The van der Waals surface area contributed by atoms with Crippen LogP contribution in [0.25, 0.3) is 0 Å². The molecule has 2 aliphatic rings. The van der Waals surface area contributed by atoms with Gasteiger partial charge in [-0.2, -0.15) is 0 Å². The number of hydrogen-bond donors (Lipinski definition) is 2. The van der Waals surface area contributed by atoms with Gasteiger partial charge in [0.25, 0.3) is 5.91 Å². The van der Waals surface area contributed by atoms with Crippen LogP contribution in [0.3, 0.4) is 0 Å². The number of sulfone groups is 1. The SMILES string of the molecule is NCCCCCCCS(=O)(=O)c1cccc2c1CN(C1CCC(=O)NC1=O)C2=O. The van der Waals surface area contributed by atoms with Crippen molar-refractivity contribution in [2.45, 2.75) is 62.4 Å². The molecule has 1 fully saturated rings. The number of hydrogen-bond acceptors (Lipinski definition) is 6. The van der Waals surface area contributed by atoms with E-state index in [1.807, 2.05) is 0 Å². The van der Waals surface area contributed by atoms with Crippen LogP contribution in [-0.2, 0) is 26.0 Å². The summed E-state index contributed by atoms with van der Waals surface area (Å²) in [5.41, 5.74) is 6.23. The van der Waals surface area contributed by atoms with Gasteiger partial charge in [0, 0.05) is 24.1 Å². The fraction of sp³-hybridized carbons (Fsp3) is 0.550. The number of fused-ring (bicyclic) bond motifs is 1. The first-order chi connectivity index (χ1) is 13.8. The number of piperidine rings is 1. The van der Waals surface area contributed by atoms with E-state index in [1.165, 1.54) is 11.0 Å². The summed E-state index contributed by atoms with van der Waals surface area (Å²) in [5.74, 6) is -1.21. The van der Waals surface area contributed by atoms with Crippen LogP contribution in [0.5, 0.6) is 0 Å². The minimum atomic E-state index is -3.54. The molecule has 1 aromatic carbocycles. The first-order valence-corrected chi connectivity index (χ1v) is 11.7. The highest BCUT2D eigenvalue weighted by molar-refractivity contribution is 7.91. The molecule has 0 aromatic heterocycles. The normalized spacial score (nSPS) is 19.4. The van der Waals surface area contributed by atoms with Crippen LogP contribution in [0.1, 0.15) is 60.9 Å². The third-order valence-corrected chi connectivity index (χ3v) is 7.37. The summed E-state index contributed by atoms with van der Waals surface area (Å²) >= 11 is 0. The molecule has 9 heteroatoms. The van der Waals surface area contributed by atoms with E-state index in [2.05, 4.69) is 5.32 Å². The van der Waals surface area contributed by atoms with E-state index in [4.69, 9.17) is 5.73 Å². The van der Waals surface area contributed by atoms with Gasteiger partial charge in [-0.05, 0) is 37.9 Å². The highest BCUT2D eigenvalue weighted by atomic mass is 32.2. The van der Waals surface area contributed by atoms with Crippen LogP contribution in [0.15, 0.2) is 23.1 Å². The third-order valence-electron chi connectivity index (χ3n) is 5.49. The number of unbranched alkanes of at least 4 members (excludes halogenated alkanes) is 4. The van der Waals surface area contributed by atoms with Crippen LogP contribution >= 0.6 is 0 Å². The average molecular weight is 422 g/mol. The number of nitrogens with zero attached hydrogens (tertiary/aromatic N) is 1. The van der Waals surface area contributed by atoms with Gasteiger partial charge in [0.05, 0.1) is 10.6 Å². The van der Waals surface area contributed by atoms with E-state index in [1.54, 1.807) is 12.1 Å². The van der Waals surface area contributed by atoms with Crippen LogP contribution in [-0.4, -0.2) is 49.4 Å². The quantitative estimate of drug-likeness (QED) is 0.455. The van der Waals surface area contributed by atoms with Crippen molar-refractivity contribution in [3.63, 3.8) is 0 Å². The van der Waals surface area contributed by atoms with E-state index in [0.29, 0.717) is 24.1 Å². The molecule has 0 spiro atoms. The Balaban J connectivity index is 1.73. The number of rotatable bonds is 9. The number of imide groups is 1. The van der Waals surface area contributed by atoms with Crippen LogP contribution in [0.4, 0.5) is 0 Å². The van der Waals surface area contributed by atoms with Gasteiger partial charge >= 0.3 is 0 Å². The summed E-state index contributed by atoms with van der Waals surface area (Å²) in [6, 6.07) is 3.93. The van der Waals surface area contributed by atoms with Crippen molar-refractivity contribution in [1.29, 1.82) is 0 Å². The fourth-order valence-corrected chi connectivity index (χ4v) is 5.57. The van der Waals surface area contributed by atoms with Gasteiger partial charge < -0.3 is 10.6 Å². The Bertz CT molecular complexity index is 913. The van der Waals surface area contributed by atoms with Gasteiger partial charge in [-0.1, -0.05) is 25.3 Å². The summed E-state index contributed by atoms with van der Waals surface area (Å²) in [5, 5.41) is 2.25. The smallest absolute Gasteiger partial charge is 0.255 e.